The van der Waals surface area contributed by atoms with Gasteiger partial charge in [-0.15, -0.1) is 0 Å². The average molecular weight is 395 g/mol. The van der Waals surface area contributed by atoms with Crippen molar-refractivity contribution in [2.45, 2.75) is 45.1 Å². The van der Waals surface area contributed by atoms with E-state index in [2.05, 4.69) is 35.1 Å². The van der Waals surface area contributed by atoms with Crippen LogP contribution in [0, 0.1) is 5.92 Å². The van der Waals surface area contributed by atoms with Crippen molar-refractivity contribution >= 4 is 39.1 Å². The molecule has 1 aromatic carbocycles. The van der Waals surface area contributed by atoms with Gasteiger partial charge in [-0.25, -0.2) is 0 Å². The van der Waals surface area contributed by atoms with Crippen molar-refractivity contribution in [3.05, 3.63) is 26.7 Å². The Balaban J connectivity index is 1.97. The van der Waals surface area contributed by atoms with Gasteiger partial charge in [0.1, 0.15) is 11.4 Å². The molecule has 2 nitrogen and oxygen atoms in total. The minimum Gasteiger partial charge on any atom is -0.486 e. The van der Waals surface area contributed by atoms with Gasteiger partial charge in [-0.05, 0) is 66.7 Å². The third-order valence-corrected chi connectivity index (χ3v) is 5.37. The summed E-state index contributed by atoms with van der Waals surface area (Å²) in [6, 6.07) is 3.60. The molecule has 1 aliphatic carbocycles. The zero-order valence-corrected chi connectivity index (χ0v) is 15.6. The van der Waals surface area contributed by atoms with E-state index in [4.69, 9.17) is 27.9 Å². The summed E-state index contributed by atoms with van der Waals surface area (Å²) in [5, 5.41) is 4.71. The number of nitrogens with one attached hydrogen (secondary N) is 1. The lowest BCUT2D eigenvalue weighted by Gasteiger charge is -2.42. The molecule has 0 unspecified atom stereocenters. The number of hydrogen-bond acceptors (Lipinski definition) is 2. The molecule has 1 aromatic rings. The van der Waals surface area contributed by atoms with Crippen LogP contribution in [0.4, 0.5) is 0 Å². The summed E-state index contributed by atoms with van der Waals surface area (Å²) in [5.41, 5.74) is -0.0786. The maximum Gasteiger partial charge on any atom is 0.140 e. The molecule has 0 amide bonds. The molecule has 0 bridgehead atoms. The summed E-state index contributed by atoms with van der Waals surface area (Å²) in [6.07, 6.45) is 4.39. The van der Waals surface area contributed by atoms with Crippen LogP contribution in [-0.4, -0.2) is 18.7 Å². The highest BCUT2D eigenvalue weighted by Crippen LogP contribution is 2.43. The molecule has 1 aliphatic rings. The Morgan fingerprint density at radius 1 is 1.29 bits per heavy atom. The summed E-state index contributed by atoms with van der Waals surface area (Å²) in [4.78, 5) is 0. The monoisotopic (exact) mass is 393 g/mol. The van der Waals surface area contributed by atoms with Crippen molar-refractivity contribution in [3.63, 3.8) is 0 Å². The number of hydrogen-bond donors (Lipinski definition) is 1. The summed E-state index contributed by atoms with van der Waals surface area (Å²) in [7, 11) is 0. The second-order valence-electron chi connectivity index (χ2n) is 6.18. The van der Waals surface area contributed by atoms with E-state index in [1.165, 1.54) is 6.42 Å². The predicted molar refractivity (Wildman–Crippen MR) is 93.7 cm³/mol. The standard InChI is InChI=1S/C16H22BrCl2NO/c1-11(2)10-20-7-6-16(4-3-5-16)21-15-9-13(18)12(17)8-14(15)19/h8-9,11,20H,3-7,10H2,1-2H3. The zero-order valence-electron chi connectivity index (χ0n) is 12.5. The summed E-state index contributed by atoms with van der Waals surface area (Å²) < 4.78 is 7.03. The van der Waals surface area contributed by atoms with Crippen LogP contribution in [0.15, 0.2) is 16.6 Å². The molecular formula is C16H22BrCl2NO. The lowest BCUT2D eigenvalue weighted by atomic mass is 9.77. The lowest BCUT2D eigenvalue weighted by molar-refractivity contribution is -0.0142. The molecule has 21 heavy (non-hydrogen) atoms. The van der Waals surface area contributed by atoms with Crippen LogP contribution < -0.4 is 10.1 Å². The van der Waals surface area contributed by atoms with Gasteiger partial charge >= 0.3 is 0 Å². The normalized spacial score (nSPS) is 16.9. The van der Waals surface area contributed by atoms with Crippen molar-refractivity contribution in [2.24, 2.45) is 5.92 Å². The van der Waals surface area contributed by atoms with E-state index >= 15 is 0 Å². The van der Waals surface area contributed by atoms with E-state index in [0.29, 0.717) is 21.7 Å². The highest BCUT2D eigenvalue weighted by Gasteiger charge is 2.39. The summed E-state index contributed by atoms with van der Waals surface area (Å²) in [6.45, 7) is 6.44. The largest absolute Gasteiger partial charge is 0.486 e. The molecule has 1 N–H and O–H groups in total. The van der Waals surface area contributed by atoms with Crippen LogP contribution in [-0.2, 0) is 0 Å². The van der Waals surface area contributed by atoms with Crippen LogP contribution in [0.5, 0.6) is 5.75 Å². The van der Waals surface area contributed by atoms with Crippen molar-refractivity contribution in [1.82, 2.24) is 5.32 Å². The Kier molecular flexibility index (Phi) is 6.25. The van der Waals surface area contributed by atoms with Crippen molar-refractivity contribution in [1.29, 1.82) is 0 Å². The van der Waals surface area contributed by atoms with Crippen LogP contribution in [0.1, 0.15) is 39.5 Å². The van der Waals surface area contributed by atoms with Crippen LogP contribution in [0.3, 0.4) is 0 Å². The van der Waals surface area contributed by atoms with Gasteiger partial charge in [-0.1, -0.05) is 37.0 Å². The fourth-order valence-electron chi connectivity index (χ4n) is 2.50. The van der Waals surface area contributed by atoms with Gasteiger partial charge < -0.3 is 10.1 Å². The van der Waals surface area contributed by atoms with E-state index in [9.17, 15) is 0 Å². The fourth-order valence-corrected chi connectivity index (χ4v) is 3.33. The summed E-state index contributed by atoms with van der Waals surface area (Å²) in [5.74, 6) is 1.36. The highest BCUT2D eigenvalue weighted by atomic mass is 79.9. The number of benzene rings is 1. The zero-order chi connectivity index (χ0) is 15.5. The predicted octanol–water partition coefficient (Wildman–Crippen LogP) is 5.69. The topological polar surface area (TPSA) is 21.3 Å². The van der Waals surface area contributed by atoms with Gasteiger partial charge in [0, 0.05) is 10.5 Å². The third kappa shape index (κ3) is 4.75. The SMILES string of the molecule is CC(C)CNCCC1(Oc2cc(Cl)c(Br)cc2Cl)CCC1. The van der Waals surface area contributed by atoms with Gasteiger partial charge in [-0.2, -0.15) is 0 Å². The van der Waals surface area contributed by atoms with Gasteiger partial charge in [0.25, 0.3) is 0 Å². The van der Waals surface area contributed by atoms with Gasteiger partial charge in [0.05, 0.1) is 10.0 Å². The molecule has 0 radical (unpaired) electrons. The van der Waals surface area contributed by atoms with E-state index < -0.39 is 0 Å². The van der Waals surface area contributed by atoms with E-state index in [0.717, 1.165) is 36.8 Å². The Labute approximate surface area is 145 Å². The average Bonchev–Trinajstić information content (AvgIpc) is 2.37. The number of ether oxygens (including phenoxy) is 1. The molecular weight excluding hydrogens is 373 g/mol. The first-order valence-corrected chi connectivity index (χ1v) is 9.01. The molecule has 0 spiro atoms. The number of rotatable bonds is 7. The molecule has 0 saturated heterocycles. The third-order valence-electron chi connectivity index (χ3n) is 3.88. The highest BCUT2D eigenvalue weighted by molar-refractivity contribution is 9.10. The maximum absolute atomic E-state index is 6.26. The second-order valence-corrected chi connectivity index (χ2v) is 7.85. The number of halogens is 3. The quantitative estimate of drug-likeness (QED) is 0.473. The lowest BCUT2D eigenvalue weighted by Crippen LogP contribution is -2.45. The molecule has 0 atom stereocenters. The maximum atomic E-state index is 6.26. The minimum absolute atomic E-state index is 0.0786. The van der Waals surface area contributed by atoms with Crippen molar-refractivity contribution in [2.75, 3.05) is 13.1 Å². The van der Waals surface area contributed by atoms with Crippen molar-refractivity contribution in [3.8, 4) is 5.75 Å². The molecule has 5 heteroatoms. The molecule has 118 valence electrons. The molecule has 0 aromatic heterocycles. The molecule has 2 rings (SSSR count). The van der Waals surface area contributed by atoms with E-state index in [1.54, 1.807) is 12.1 Å². The van der Waals surface area contributed by atoms with Gasteiger partial charge in [0.2, 0.25) is 0 Å². The van der Waals surface area contributed by atoms with Crippen LogP contribution in [0.25, 0.3) is 0 Å². The Hall–Kier alpha value is 0.0400. The first-order valence-electron chi connectivity index (χ1n) is 7.46. The van der Waals surface area contributed by atoms with E-state index in [-0.39, 0.29) is 5.60 Å². The van der Waals surface area contributed by atoms with Gasteiger partial charge in [0.15, 0.2) is 0 Å². The fraction of sp³-hybridized carbons (Fsp3) is 0.625. The van der Waals surface area contributed by atoms with Crippen molar-refractivity contribution < 1.29 is 4.74 Å². The first-order chi connectivity index (χ1) is 9.92. The second kappa shape index (κ2) is 7.54. The smallest absolute Gasteiger partial charge is 0.140 e. The molecule has 1 fully saturated rings. The molecule has 0 aliphatic heterocycles. The first kappa shape index (κ1) is 17.4. The Morgan fingerprint density at radius 3 is 2.57 bits per heavy atom. The van der Waals surface area contributed by atoms with E-state index in [1.807, 2.05) is 0 Å². The Morgan fingerprint density at radius 2 is 2.00 bits per heavy atom. The molecule has 0 heterocycles. The van der Waals surface area contributed by atoms with Gasteiger partial charge in [-0.3, -0.25) is 0 Å². The summed E-state index contributed by atoms with van der Waals surface area (Å²) >= 11 is 15.8. The molecule has 1 saturated carbocycles. The minimum atomic E-state index is -0.0786. The van der Waals surface area contributed by atoms with Crippen LogP contribution in [0.2, 0.25) is 10.0 Å². The van der Waals surface area contributed by atoms with Crippen LogP contribution >= 0.6 is 39.1 Å². The Bertz CT molecular complexity index is 489.